The second-order valence-corrected chi connectivity index (χ2v) is 4.79. The summed E-state index contributed by atoms with van der Waals surface area (Å²) in [5.41, 5.74) is 0. The van der Waals surface area contributed by atoms with E-state index in [-0.39, 0.29) is 13.1 Å². The van der Waals surface area contributed by atoms with Crippen LogP contribution < -0.4 is 0 Å². The standard InChI is InChI=1S/C11H18N2O3/c1-12-4-2-3-9(5-12)6-13-7-10(14)16-11(15)8-13/h9H,2-8H2,1H3. The molecule has 0 N–H and O–H groups in total. The molecule has 2 rings (SSSR count). The van der Waals surface area contributed by atoms with Crippen molar-refractivity contribution in [1.29, 1.82) is 0 Å². The number of ether oxygens (including phenoxy) is 1. The fourth-order valence-electron chi connectivity index (χ4n) is 2.53. The molecular formula is C11H18N2O3. The van der Waals surface area contributed by atoms with E-state index in [2.05, 4.69) is 16.7 Å². The number of esters is 2. The van der Waals surface area contributed by atoms with Crippen LogP contribution >= 0.6 is 0 Å². The Morgan fingerprint density at radius 2 is 2.00 bits per heavy atom. The molecule has 0 aliphatic carbocycles. The lowest BCUT2D eigenvalue weighted by Gasteiger charge is -2.34. The minimum absolute atomic E-state index is 0.256. The third kappa shape index (κ3) is 3.02. The quantitative estimate of drug-likeness (QED) is 0.478. The van der Waals surface area contributed by atoms with Gasteiger partial charge in [0.05, 0.1) is 13.1 Å². The molecule has 5 nitrogen and oxygen atoms in total. The van der Waals surface area contributed by atoms with Crippen molar-refractivity contribution in [3.63, 3.8) is 0 Å². The number of piperidine rings is 1. The number of likely N-dealkylation sites (tertiary alicyclic amines) is 1. The Bertz CT molecular complexity index is 277. The summed E-state index contributed by atoms with van der Waals surface area (Å²) in [6, 6.07) is 0. The first-order valence-electron chi connectivity index (χ1n) is 5.78. The molecule has 1 atom stereocenters. The summed E-state index contributed by atoms with van der Waals surface area (Å²) < 4.78 is 4.50. The van der Waals surface area contributed by atoms with Crippen molar-refractivity contribution < 1.29 is 14.3 Å². The average molecular weight is 226 g/mol. The van der Waals surface area contributed by atoms with Crippen LogP contribution in [0.2, 0.25) is 0 Å². The van der Waals surface area contributed by atoms with Gasteiger partial charge in [-0.3, -0.25) is 14.5 Å². The Kier molecular flexibility index (Phi) is 3.56. The molecule has 1 unspecified atom stereocenters. The van der Waals surface area contributed by atoms with Crippen LogP contribution in [0.25, 0.3) is 0 Å². The Balaban J connectivity index is 1.84. The van der Waals surface area contributed by atoms with E-state index in [0.29, 0.717) is 5.92 Å². The van der Waals surface area contributed by atoms with E-state index in [1.54, 1.807) is 0 Å². The molecule has 2 aliphatic rings. The molecule has 90 valence electrons. The average Bonchev–Trinajstić information content (AvgIpc) is 2.15. The SMILES string of the molecule is CN1CCCC(CN2CC(=O)OC(=O)C2)C1. The number of hydrogen-bond donors (Lipinski definition) is 0. The van der Waals surface area contributed by atoms with Gasteiger partial charge < -0.3 is 9.64 Å². The molecule has 0 aromatic rings. The van der Waals surface area contributed by atoms with Gasteiger partial charge in [-0.25, -0.2) is 0 Å². The number of cyclic esters (lactones) is 2. The maximum atomic E-state index is 11.1. The van der Waals surface area contributed by atoms with Gasteiger partial charge in [-0.05, 0) is 32.4 Å². The number of rotatable bonds is 2. The lowest BCUT2D eigenvalue weighted by Crippen LogP contribution is -2.47. The second-order valence-electron chi connectivity index (χ2n) is 4.79. The first-order chi connectivity index (χ1) is 7.63. The fraction of sp³-hybridized carbons (Fsp3) is 0.818. The van der Waals surface area contributed by atoms with Gasteiger partial charge in [0.15, 0.2) is 0 Å². The van der Waals surface area contributed by atoms with Crippen molar-refractivity contribution in [1.82, 2.24) is 9.80 Å². The van der Waals surface area contributed by atoms with Gasteiger partial charge in [-0.15, -0.1) is 0 Å². The molecule has 5 heteroatoms. The van der Waals surface area contributed by atoms with Crippen molar-refractivity contribution >= 4 is 11.9 Å². The van der Waals surface area contributed by atoms with Gasteiger partial charge in [0.1, 0.15) is 0 Å². The third-order valence-electron chi connectivity index (χ3n) is 3.17. The van der Waals surface area contributed by atoms with Crippen LogP contribution in [0.3, 0.4) is 0 Å². The lowest BCUT2D eigenvalue weighted by atomic mass is 9.98. The molecule has 2 heterocycles. The minimum atomic E-state index is -0.416. The van der Waals surface area contributed by atoms with Crippen LogP contribution in [0.15, 0.2) is 0 Å². The predicted molar refractivity (Wildman–Crippen MR) is 57.8 cm³/mol. The number of morpholine rings is 1. The van der Waals surface area contributed by atoms with E-state index < -0.39 is 11.9 Å². The fourth-order valence-corrected chi connectivity index (χ4v) is 2.53. The topological polar surface area (TPSA) is 49.9 Å². The van der Waals surface area contributed by atoms with Crippen molar-refractivity contribution in [2.45, 2.75) is 12.8 Å². The largest absolute Gasteiger partial charge is 0.391 e. The van der Waals surface area contributed by atoms with Crippen LogP contribution in [0.4, 0.5) is 0 Å². The van der Waals surface area contributed by atoms with Crippen molar-refractivity contribution in [3.05, 3.63) is 0 Å². The Morgan fingerprint density at radius 3 is 2.62 bits per heavy atom. The molecular weight excluding hydrogens is 208 g/mol. The molecule has 16 heavy (non-hydrogen) atoms. The molecule has 0 aromatic heterocycles. The maximum absolute atomic E-state index is 11.1. The summed E-state index contributed by atoms with van der Waals surface area (Å²) >= 11 is 0. The number of nitrogens with zero attached hydrogens (tertiary/aromatic N) is 2. The minimum Gasteiger partial charge on any atom is -0.391 e. The zero-order valence-corrected chi connectivity index (χ0v) is 9.65. The molecule has 0 aromatic carbocycles. The summed E-state index contributed by atoms with van der Waals surface area (Å²) in [5.74, 6) is -0.265. The van der Waals surface area contributed by atoms with Crippen LogP contribution in [0.1, 0.15) is 12.8 Å². The van der Waals surface area contributed by atoms with Crippen LogP contribution in [-0.2, 0) is 14.3 Å². The van der Waals surface area contributed by atoms with E-state index in [1.807, 2.05) is 4.90 Å². The number of hydrogen-bond acceptors (Lipinski definition) is 5. The Hall–Kier alpha value is -0.940. The molecule has 0 bridgehead atoms. The summed E-state index contributed by atoms with van der Waals surface area (Å²) in [6.45, 7) is 3.54. The van der Waals surface area contributed by atoms with E-state index in [4.69, 9.17) is 0 Å². The van der Waals surface area contributed by atoms with Gasteiger partial charge >= 0.3 is 11.9 Å². The van der Waals surface area contributed by atoms with Crippen molar-refractivity contribution in [2.75, 3.05) is 39.8 Å². The highest BCUT2D eigenvalue weighted by Gasteiger charge is 2.27. The van der Waals surface area contributed by atoms with Gasteiger partial charge in [0, 0.05) is 13.1 Å². The van der Waals surface area contributed by atoms with E-state index >= 15 is 0 Å². The smallest absolute Gasteiger partial charge is 0.327 e. The second kappa shape index (κ2) is 4.93. The zero-order chi connectivity index (χ0) is 11.5. The van der Waals surface area contributed by atoms with Crippen LogP contribution in [0.5, 0.6) is 0 Å². The van der Waals surface area contributed by atoms with Crippen molar-refractivity contribution in [2.24, 2.45) is 5.92 Å². The van der Waals surface area contributed by atoms with E-state index in [9.17, 15) is 9.59 Å². The van der Waals surface area contributed by atoms with Crippen molar-refractivity contribution in [3.8, 4) is 0 Å². The molecule has 0 amide bonds. The Morgan fingerprint density at radius 1 is 1.31 bits per heavy atom. The third-order valence-corrected chi connectivity index (χ3v) is 3.17. The molecule has 2 fully saturated rings. The van der Waals surface area contributed by atoms with Gasteiger partial charge in [0.2, 0.25) is 0 Å². The summed E-state index contributed by atoms with van der Waals surface area (Å²) in [7, 11) is 2.11. The van der Waals surface area contributed by atoms with Gasteiger partial charge in [0.25, 0.3) is 0 Å². The van der Waals surface area contributed by atoms with Gasteiger partial charge in [-0.1, -0.05) is 0 Å². The van der Waals surface area contributed by atoms with Crippen LogP contribution in [0, 0.1) is 5.92 Å². The molecule has 0 spiro atoms. The van der Waals surface area contributed by atoms with Gasteiger partial charge in [-0.2, -0.15) is 0 Å². The number of carbonyl (C=O) groups excluding carboxylic acids is 2. The summed E-state index contributed by atoms with van der Waals surface area (Å²) in [4.78, 5) is 26.4. The monoisotopic (exact) mass is 226 g/mol. The first-order valence-corrected chi connectivity index (χ1v) is 5.78. The predicted octanol–water partition coefficient (Wildman–Crippen LogP) is -0.286. The lowest BCUT2D eigenvalue weighted by molar-refractivity contribution is -0.167. The van der Waals surface area contributed by atoms with Crippen LogP contribution in [-0.4, -0.2) is 61.5 Å². The highest BCUT2D eigenvalue weighted by atomic mass is 16.6. The zero-order valence-electron chi connectivity index (χ0n) is 9.65. The highest BCUT2D eigenvalue weighted by molar-refractivity contribution is 5.90. The van der Waals surface area contributed by atoms with E-state index in [1.165, 1.54) is 12.8 Å². The highest BCUT2D eigenvalue weighted by Crippen LogP contribution is 2.17. The van der Waals surface area contributed by atoms with E-state index in [0.717, 1.165) is 19.6 Å². The maximum Gasteiger partial charge on any atom is 0.327 e. The molecule has 0 radical (unpaired) electrons. The molecule has 0 saturated carbocycles. The normalized spacial score (nSPS) is 29.2. The number of carbonyl (C=O) groups is 2. The molecule has 2 aliphatic heterocycles. The summed E-state index contributed by atoms with van der Waals surface area (Å²) in [6.07, 6.45) is 2.39. The summed E-state index contributed by atoms with van der Waals surface area (Å²) in [5, 5.41) is 0. The Labute approximate surface area is 95.3 Å². The first kappa shape index (κ1) is 11.5. The molecule has 2 saturated heterocycles.